The highest BCUT2D eigenvalue weighted by Gasteiger charge is 2.58. The smallest absolute Gasteiger partial charge is 0.327 e. The molecule has 0 aromatic carbocycles. The van der Waals surface area contributed by atoms with Crippen LogP contribution in [0.3, 0.4) is 0 Å². The number of hydrogen-bond donors (Lipinski definition) is 2. The molecule has 2 rings (SSSR count). The molecule has 0 bridgehead atoms. The second-order valence-electron chi connectivity index (χ2n) is 6.77. The van der Waals surface area contributed by atoms with Crippen molar-refractivity contribution >= 4 is 19.5 Å². The molecule has 2 saturated carbocycles. The lowest BCUT2D eigenvalue weighted by molar-refractivity contribution is -0.00229. The topological polar surface area (TPSA) is 126 Å². The first-order chi connectivity index (χ1) is 10.0. The molecule has 0 unspecified atom stereocenters. The molecular formula is C12H23N2O6PS. The zero-order valence-electron chi connectivity index (χ0n) is 13.0. The van der Waals surface area contributed by atoms with Crippen LogP contribution in [0.4, 0.5) is 0 Å². The van der Waals surface area contributed by atoms with E-state index in [1.54, 1.807) is 20.8 Å². The minimum absolute atomic E-state index is 0.189. The molecule has 0 aliphatic heterocycles. The van der Waals surface area contributed by atoms with Gasteiger partial charge in [0, 0.05) is 16.5 Å². The molecule has 2 aliphatic carbocycles. The fourth-order valence-electron chi connectivity index (χ4n) is 2.42. The quantitative estimate of drug-likeness (QED) is 0.309. The summed E-state index contributed by atoms with van der Waals surface area (Å²) in [7, 11) is -4.06. The normalized spacial score (nSPS) is 19.0. The van der Waals surface area contributed by atoms with Crippen molar-refractivity contribution in [3.63, 3.8) is 0 Å². The Labute approximate surface area is 134 Å². The van der Waals surface area contributed by atoms with Gasteiger partial charge in [0.15, 0.2) is 5.34 Å². The summed E-state index contributed by atoms with van der Waals surface area (Å²) in [6.45, 7) is 5.28. The first-order valence-corrected chi connectivity index (χ1v) is 9.67. The predicted molar refractivity (Wildman–Crippen MR) is 85.1 cm³/mol. The lowest BCUT2D eigenvalue weighted by Crippen LogP contribution is -2.34. The van der Waals surface area contributed by atoms with Gasteiger partial charge >= 0.3 is 7.60 Å². The van der Waals surface area contributed by atoms with Gasteiger partial charge in [0.1, 0.15) is 5.60 Å². The maximum absolute atomic E-state index is 11.1. The third-order valence-electron chi connectivity index (χ3n) is 3.51. The summed E-state index contributed by atoms with van der Waals surface area (Å²) in [5, 5.41) is 2.26. The largest absolute Gasteiger partial charge is 0.358 e. The molecule has 0 atom stereocenters. The van der Waals surface area contributed by atoms with Crippen LogP contribution in [0, 0.1) is 21.6 Å². The molecule has 10 heteroatoms. The van der Waals surface area contributed by atoms with Crippen molar-refractivity contribution in [1.82, 2.24) is 0 Å². The van der Waals surface area contributed by atoms with E-state index in [0.29, 0.717) is 0 Å². The maximum Gasteiger partial charge on any atom is 0.327 e. The number of rotatable bonds is 7. The van der Waals surface area contributed by atoms with Gasteiger partial charge in [-0.2, -0.15) is 0 Å². The standard InChI is InChI=1S/C8H14NO4PS.C4H9NO2/c10-9-15-8(6-1-2-6,7-3-4-7)5-14(11,12)13;1-4(2,3)7-5-6/h6-7H,1-5H2,(H2,11,12,13);1-3H3. The monoisotopic (exact) mass is 354 g/mol. The minimum atomic E-state index is -4.06. The van der Waals surface area contributed by atoms with Crippen LogP contribution in [0.15, 0.2) is 9.92 Å². The van der Waals surface area contributed by atoms with Gasteiger partial charge in [-0.3, -0.25) is 4.57 Å². The van der Waals surface area contributed by atoms with Crippen LogP contribution in [0.25, 0.3) is 0 Å². The first kappa shape index (κ1) is 19.5. The zero-order valence-corrected chi connectivity index (χ0v) is 14.7. The van der Waals surface area contributed by atoms with E-state index in [9.17, 15) is 14.4 Å². The van der Waals surface area contributed by atoms with E-state index in [-0.39, 0.29) is 18.0 Å². The van der Waals surface area contributed by atoms with Crippen molar-refractivity contribution in [3.8, 4) is 0 Å². The molecule has 0 spiro atoms. The SMILES string of the molecule is CC(C)(C)ON=O.O=NSC(CP(=O)(O)O)(C1CC1)C1CC1. The van der Waals surface area contributed by atoms with Gasteiger partial charge < -0.3 is 14.6 Å². The highest BCUT2D eigenvalue weighted by atomic mass is 32.2. The van der Waals surface area contributed by atoms with Gasteiger partial charge in [0.2, 0.25) is 0 Å². The third-order valence-corrected chi connectivity index (χ3v) is 5.88. The van der Waals surface area contributed by atoms with Crippen molar-refractivity contribution in [3.05, 3.63) is 9.81 Å². The molecule has 0 amide bonds. The summed E-state index contributed by atoms with van der Waals surface area (Å²) in [6.07, 6.45) is 3.70. The van der Waals surface area contributed by atoms with E-state index in [2.05, 4.69) is 14.8 Å². The molecule has 0 aromatic rings. The zero-order chi connectivity index (χ0) is 17.0. The van der Waals surface area contributed by atoms with Crippen molar-refractivity contribution in [2.45, 2.75) is 56.8 Å². The average molecular weight is 354 g/mol. The Kier molecular flexibility index (Phi) is 6.56. The molecule has 0 saturated heterocycles. The van der Waals surface area contributed by atoms with Crippen LogP contribution < -0.4 is 0 Å². The Morgan fingerprint density at radius 3 is 1.77 bits per heavy atom. The van der Waals surface area contributed by atoms with Crippen LogP contribution >= 0.6 is 19.5 Å². The molecular weight excluding hydrogens is 331 g/mol. The molecule has 0 aromatic heterocycles. The van der Waals surface area contributed by atoms with Crippen molar-refractivity contribution < 1.29 is 19.2 Å². The molecule has 8 nitrogen and oxygen atoms in total. The summed E-state index contributed by atoms with van der Waals surface area (Å²) >= 11 is 0.869. The van der Waals surface area contributed by atoms with E-state index in [0.717, 1.165) is 37.6 Å². The van der Waals surface area contributed by atoms with Gasteiger partial charge in [0.25, 0.3) is 0 Å². The van der Waals surface area contributed by atoms with E-state index in [1.165, 1.54) is 0 Å². The second-order valence-corrected chi connectivity index (χ2v) is 9.51. The molecule has 0 radical (unpaired) electrons. The fraction of sp³-hybridized carbons (Fsp3) is 1.00. The Morgan fingerprint density at radius 2 is 1.59 bits per heavy atom. The lowest BCUT2D eigenvalue weighted by atomic mass is 9.99. The van der Waals surface area contributed by atoms with Crippen LogP contribution in [-0.2, 0) is 9.40 Å². The van der Waals surface area contributed by atoms with E-state index >= 15 is 0 Å². The summed E-state index contributed by atoms with van der Waals surface area (Å²) in [6, 6.07) is 0. The molecule has 2 aliphatic rings. The molecule has 0 heterocycles. The Morgan fingerprint density at radius 1 is 1.14 bits per heavy atom. The Bertz CT molecular complexity index is 429. The van der Waals surface area contributed by atoms with Crippen molar-refractivity contribution in [1.29, 1.82) is 0 Å². The van der Waals surface area contributed by atoms with Crippen LogP contribution in [-0.4, -0.2) is 26.3 Å². The minimum Gasteiger partial charge on any atom is -0.358 e. The van der Waals surface area contributed by atoms with Gasteiger partial charge in [-0.15, -0.1) is 9.81 Å². The number of nitrogens with zero attached hydrogens (tertiary/aromatic N) is 2. The second kappa shape index (κ2) is 7.38. The van der Waals surface area contributed by atoms with Crippen LogP contribution in [0.5, 0.6) is 0 Å². The van der Waals surface area contributed by atoms with E-state index in [4.69, 9.17) is 9.79 Å². The maximum atomic E-state index is 11.1. The van der Waals surface area contributed by atoms with Gasteiger partial charge in [0.05, 0.1) is 10.9 Å². The van der Waals surface area contributed by atoms with Crippen molar-refractivity contribution in [2.24, 2.45) is 21.8 Å². The third kappa shape index (κ3) is 6.73. The number of hydrogen-bond acceptors (Lipinski definition) is 7. The first-order valence-electron chi connectivity index (χ1n) is 7.10. The highest BCUT2D eigenvalue weighted by Crippen LogP contribution is 2.63. The molecule has 2 fully saturated rings. The van der Waals surface area contributed by atoms with Gasteiger partial charge in [-0.05, 0) is 58.3 Å². The van der Waals surface area contributed by atoms with E-state index < -0.39 is 17.9 Å². The molecule has 128 valence electrons. The summed E-state index contributed by atoms with van der Waals surface area (Å²) in [4.78, 5) is 42.3. The molecule has 22 heavy (non-hydrogen) atoms. The van der Waals surface area contributed by atoms with Gasteiger partial charge in [-0.1, -0.05) is 0 Å². The molecule has 2 N–H and O–H groups in total. The highest BCUT2D eigenvalue weighted by molar-refractivity contribution is 7.99. The fourth-order valence-corrected chi connectivity index (χ4v) is 5.22. The average Bonchev–Trinajstić information content (AvgIpc) is 3.18. The predicted octanol–water partition coefficient (Wildman–Crippen LogP) is 3.62. The van der Waals surface area contributed by atoms with Crippen molar-refractivity contribution in [2.75, 3.05) is 6.16 Å². The summed E-state index contributed by atoms with van der Waals surface area (Å²) < 4.78 is 13.4. The van der Waals surface area contributed by atoms with Crippen LogP contribution in [0.2, 0.25) is 0 Å². The Hall–Kier alpha value is -0.500. The van der Waals surface area contributed by atoms with E-state index in [1.807, 2.05) is 0 Å². The Balaban J connectivity index is 0.000000295. The summed E-state index contributed by atoms with van der Waals surface area (Å²) in [5.74, 6) is 0.556. The van der Waals surface area contributed by atoms with Crippen LogP contribution in [0.1, 0.15) is 46.5 Å². The summed E-state index contributed by atoms with van der Waals surface area (Å²) in [5.41, 5.74) is -0.429. The van der Waals surface area contributed by atoms with Gasteiger partial charge in [-0.25, -0.2) is 0 Å². The lowest BCUT2D eigenvalue weighted by Gasteiger charge is -2.30. The number of nitroso groups, excluding NO2 is 1.